The number of sulfonamides is 1. The predicted octanol–water partition coefficient (Wildman–Crippen LogP) is 1.29. The second-order valence-electron chi connectivity index (χ2n) is 4.86. The van der Waals surface area contributed by atoms with E-state index in [0.29, 0.717) is 0 Å². The van der Waals surface area contributed by atoms with Crippen LogP contribution in [0.1, 0.15) is 0 Å². The second kappa shape index (κ2) is 7.11. The van der Waals surface area contributed by atoms with E-state index < -0.39 is 33.5 Å². The molecular weight excluding hydrogens is 454 g/mol. The molecule has 0 aliphatic carbocycles. The molecule has 1 aromatic heterocycles. The van der Waals surface area contributed by atoms with Gasteiger partial charge in [0.15, 0.2) is 27.7 Å². The fourth-order valence-electron chi connectivity index (χ4n) is 2.01. The summed E-state index contributed by atoms with van der Waals surface area (Å²) < 4.78 is 41.6. The highest BCUT2D eigenvalue weighted by Gasteiger charge is 2.33. The highest BCUT2D eigenvalue weighted by atomic mass is 79.9. The first-order chi connectivity index (χ1) is 11.8. The number of para-hydroxylation sites is 1. The van der Waals surface area contributed by atoms with Crippen molar-refractivity contribution in [3.8, 4) is 5.75 Å². The Morgan fingerprint density at radius 1 is 1.40 bits per heavy atom. The van der Waals surface area contributed by atoms with Gasteiger partial charge < -0.3 is 20.3 Å². The van der Waals surface area contributed by atoms with Gasteiger partial charge in [-0.1, -0.05) is 16.9 Å². The monoisotopic (exact) mass is 465 g/mol. The number of aromatic hydroxyl groups is 1. The van der Waals surface area contributed by atoms with E-state index in [1.807, 2.05) is 24.3 Å². The highest BCUT2D eigenvalue weighted by molar-refractivity contribution is 9.10. The van der Waals surface area contributed by atoms with Gasteiger partial charge in [0.05, 0.1) is 11.4 Å². The van der Waals surface area contributed by atoms with Crippen LogP contribution in [0.25, 0.3) is 0 Å². The molecular formula is C12H12BrN5O4S3. The summed E-state index contributed by atoms with van der Waals surface area (Å²) in [5.74, 6) is -0.282. The third kappa shape index (κ3) is 4.08. The van der Waals surface area contributed by atoms with Crippen molar-refractivity contribution in [3.63, 3.8) is 0 Å². The molecule has 0 bridgehead atoms. The number of amidine groups is 1. The standard InChI is InChI=1S/C12H12BrN5O4S3/c13-6-3-1-2-4-7(6)15-10-11(18-24(20)17-10)16-8-5-23-12(9(8)19)25(14,21)22/h1-5,10,15,17,19H,(H,16,18)(H2,14,21,22). The van der Waals surface area contributed by atoms with Crippen molar-refractivity contribution in [2.75, 3.05) is 10.6 Å². The highest BCUT2D eigenvalue weighted by Crippen LogP contribution is 2.37. The van der Waals surface area contributed by atoms with E-state index in [2.05, 4.69) is 35.7 Å². The molecule has 2 heterocycles. The number of nitrogens with zero attached hydrogens (tertiary/aromatic N) is 1. The maximum Gasteiger partial charge on any atom is 0.251 e. The van der Waals surface area contributed by atoms with Gasteiger partial charge in [0.25, 0.3) is 10.0 Å². The first-order valence-electron chi connectivity index (χ1n) is 6.63. The second-order valence-corrected chi connectivity index (χ2v) is 9.26. The largest absolute Gasteiger partial charge is 0.572 e. The molecule has 0 radical (unpaired) electrons. The van der Waals surface area contributed by atoms with Gasteiger partial charge in [0.2, 0.25) is 5.84 Å². The van der Waals surface area contributed by atoms with Crippen LogP contribution in [0.5, 0.6) is 5.75 Å². The Hall–Kier alpha value is -1.35. The summed E-state index contributed by atoms with van der Waals surface area (Å²) in [6.45, 7) is 0. The topological polar surface area (TPSA) is 152 Å². The van der Waals surface area contributed by atoms with Crippen LogP contribution >= 0.6 is 27.3 Å². The predicted molar refractivity (Wildman–Crippen MR) is 101 cm³/mol. The lowest BCUT2D eigenvalue weighted by molar-refractivity contribution is 0.466. The normalized spacial score (nSPS) is 20.4. The van der Waals surface area contributed by atoms with Crippen LogP contribution in [0.3, 0.4) is 0 Å². The number of primary sulfonamides is 1. The lowest BCUT2D eigenvalue weighted by atomic mass is 10.3. The number of rotatable bonds is 4. The zero-order valence-electron chi connectivity index (χ0n) is 12.3. The maximum absolute atomic E-state index is 11.7. The summed E-state index contributed by atoms with van der Waals surface area (Å²) in [5.41, 5.74) is 0.834. The zero-order chi connectivity index (χ0) is 18.2. The summed E-state index contributed by atoms with van der Waals surface area (Å²) in [5, 5.41) is 22.3. The smallest absolute Gasteiger partial charge is 0.251 e. The van der Waals surface area contributed by atoms with Crippen molar-refractivity contribution >= 4 is 66.0 Å². The van der Waals surface area contributed by atoms with Gasteiger partial charge >= 0.3 is 0 Å². The van der Waals surface area contributed by atoms with Crippen LogP contribution in [-0.4, -0.2) is 30.1 Å². The first-order valence-corrected chi connectivity index (χ1v) is 11.0. The van der Waals surface area contributed by atoms with Gasteiger partial charge in [-0.3, -0.25) is 0 Å². The quantitative estimate of drug-likeness (QED) is 0.426. The van der Waals surface area contributed by atoms with Gasteiger partial charge in [0.1, 0.15) is 0 Å². The van der Waals surface area contributed by atoms with E-state index in [4.69, 9.17) is 5.14 Å². The van der Waals surface area contributed by atoms with Crippen LogP contribution < -0.4 is 20.5 Å². The fourth-order valence-corrected chi connectivity index (χ4v) is 4.85. The molecule has 0 amide bonds. The lowest BCUT2D eigenvalue weighted by Crippen LogP contribution is -2.42. The zero-order valence-corrected chi connectivity index (χ0v) is 16.3. The summed E-state index contributed by atoms with van der Waals surface area (Å²) in [4.78, 5) is 0. The summed E-state index contributed by atoms with van der Waals surface area (Å²) in [7, 11) is -4.03. The van der Waals surface area contributed by atoms with Crippen molar-refractivity contribution < 1.29 is 18.1 Å². The molecule has 2 atom stereocenters. The number of thiophene rings is 1. The molecule has 9 nitrogen and oxygen atoms in total. The molecule has 1 aromatic carbocycles. The van der Waals surface area contributed by atoms with Gasteiger partial charge in [-0.05, 0) is 32.5 Å². The number of nitrogens with one attached hydrogen (secondary N) is 3. The van der Waals surface area contributed by atoms with Crippen LogP contribution in [-0.2, 0) is 21.6 Å². The molecule has 13 heteroatoms. The minimum atomic E-state index is -4.03. The Bertz CT molecular complexity index is 933. The third-order valence-corrected chi connectivity index (χ3v) is 7.05. The Kier molecular flexibility index (Phi) is 5.24. The summed E-state index contributed by atoms with van der Waals surface area (Å²) in [6, 6.07) is 7.32. The van der Waals surface area contributed by atoms with Gasteiger partial charge in [-0.15, -0.1) is 11.3 Å². The average molecular weight is 466 g/mol. The Labute approximate surface area is 159 Å². The lowest BCUT2D eigenvalue weighted by Gasteiger charge is -2.16. The van der Waals surface area contributed by atoms with Gasteiger partial charge in [-0.2, -0.15) is 0 Å². The van der Waals surface area contributed by atoms with E-state index in [1.54, 1.807) is 0 Å². The summed E-state index contributed by atoms with van der Waals surface area (Å²) in [6.07, 6.45) is -0.642. The van der Waals surface area contributed by atoms with Crippen LogP contribution in [0.2, 0.25) is 0 Å². The van der Waals surface area contributed by atoms with E-state index in [0.717, 1.165) is 21.5 Å². The number of halogens is 1. The molecule has 2 unspecified atom stereocenters. The molecule has 1 aliphatic heterocycles. The fraction of sp³-hybridized carbons (Fsp3) is 0.0833. The van der Waals surface area contributed by atoms with Gasteiger partial charge in [0, 0.05) is 9.85 Å². The van der Waals surface area contributed by atoms with Crippen molar-refractivity contribution in [3.05, 3.63) is 34.1 Å². The first kappa shape index (κ1) is 18.4. The minimum Gasteiger partial charge on any atom is -0.572 e. The Morgan fingerprint density at radius 3 is 2.76 bits per heavy atom. The molecule has 0 fully saturated rings. The van der Waals surface area contributed by atoms with E-state index in [1.165, 1.54) is 5.38 Å². The molecule has 6 N–H and O–H groups in total. The van der Waals surface area contributed by atoms with Crippen molar-refractivity contribution in [1.82, 2.24) is 4.72 Å². The van der Waals surface area contributed by atoms with Crippen LogP contribution in [0.15, 0.2) is 42.7 Å². The molecule has 0 saturated heterocycles. The van der Waals surface area contributed by atoms with Crippen molar-refractivity contribution in [2.24, 2.45) is 9.54 Å². The Morgan fingerprint density at radius 2 is 2.12 bits per heavy atom. The minimum absolute atomic E-state index is 0.104. The number of benzene rings is 1. The summed E-state index contributed by atoms with van der Waals surface area (Å²) >= 11 is 2.49. The molecule has 0 saturated carbocycles. The van der Waals surface area contributed by atoms with Crippen LogP contribution in [0, 0.1) is 0 Å². The number of anilines is 2. The van der Waals surface area contributed by atoms with Crippen LogP contribution in [0.4, 0.5) is 11.4 Å². The molecule has 3 rings (SSSR count). The van der Waals surface area contributed by atoms with Gasteiger partial charge in [-0.25, -0.2) is 13.6 Å². The van der Waals surface area contributed by atoms with Crippen molar-refractivity contribution in [1.29, 1.82) is 0 Å². The SMILES string of the molecule is NS(=O)(=O)c1scc(NC2=N[S+]([O-])NC2Nc2ccccc2Br)c1O. The van der Waals surface area contributed by atoms with Crippen molar-refractivity contribution in [2.45, 2.75) is 10.4 Å². The molecule has 2 aromatic rings. The van der Waals surface area contributed by atoms with E-state index in [-0.39, 0.29) is 15.7 Å². The molecule has 25 heavy (non-hydrogen) atoms. The average Bonchev–Trinajstić information content (AvgIpc) is 3.05. The molecule has 134 valence electrons. The van der Waals surface area contributed by atoms with E-state index in [9.17, 15) is 18.1 Å². The Balaban J connectivity index is 1.82. The molecule has 0 spiro atoms. The number of nitrogens with two attached hydrogens (primary N) is 1. The molecule has 1 aliphatic rings. The third-order valence-electron chi connectivity index (χ3n) is 3.10. The van der Waals surface area contributed by atoms with E-state index >= 15 is 0 Å². The number of hydrogen-bond donors (Lipinski definition) is 5. The maximum atomic E-state index is 11.7. The number of hydrogen-bond acceptors (Lipinski definition) is 9.